The molecule has 0 saturated heterocycles. The van der Waals surface area contributed by atoms with E-state index in [0.29, 0.717) is 18.5 Å². The molecule has 0 bridgehead atoms. The molecule has 0 saturated carbocycles. The summed E-state index contributed by atoms with van der Waals surface area (Å²) in [5, 5.41) is 8.10. The first kappa shape index (κ1) is 12.9. The van der Waals surface area contributed by atoms with Crippen molar-refractivity contribution in [3.8, 4) is 0 Å². The summed E-state index contributed by atoms with van der Waals surface area (Å²) in [6, 6.07) is 0.343. The van der Waals surface area contributed by atoms with Crippen LogP contribution < -0.4 is 11.1 Å². The second kappa shape index (κ2) is 5.40. The molecule has 1 aliphatic rings. The number of anilines is 1. The molecule has 2 heterocycles. The number of aryl methyl sites for hydroxylation is 1. The number of hydrogen-bond donors (Lipinski definition) is 2. The van der Waals surface area contributed by atoms with Crippen molar-refractivity contribution in [2.24, 2.45) is 11.7 Å². The van der Waals surface area contributed by atoms with E-state index in [1.807, 2.05) is 0 Å². The first-order valence-electron chi connectivity index (χ1n) is 6.34. The fraction of sp³-hybridized carbons (Fsp3) is 0.750. The third-order valence-corrected chi connectivity index (χ3v) is 4.10. The van der Waals surface area contributed by atoms with Crippen molar-refractivity contribution < 1.29 is 0 Å². The molecule has 4 nitrogen and oxygen atoms in total. The Bertz CT molecular complexity index is 386. The molecule has 0 aromatic carbocycles. The Balaban J connectivity index is 2.22. The van der Waals surface area contributed by atoms with Crippen molar-refractivity contribution in [1.82, 2.24) is 9.78 Å². The maximum atomic E-state index is 5.80. The van der Waals surface area contributed by atoms with Gasteiger partial charge in [-0.05, 0) is 41.1 Å². The number of fused-ring (bicyclic) bond motifs is 1. The Hall–Kier alpha value is -0.550. The lowest BCUT2D eigenvalue weighted by atomic mass is 10.1. The number of nitrogens with zero attached hydrogens (tertiary/aromatic N) is 2. The van der Waals surface area contributed by atoms with Gasteiger partial charge in [-0.2, -0.15) is 5.10 Å². The zero-order valence-electron chi connectivity index (χ0n) is 10.5. The summed E-state index contributed by atoms with van der Waals surface area (Å²) in [6.45, 7) is 6.12. The van der Waals surface area contributed by atoms with Crippen molar-refractivity contribution in [2.75, 3.05) is 18.4 Å². The lowest BCUT2D eigenvalue weighted by molar-refractivity contribution is 0.423. The topological polar surface area (TPSA) is 55.9 Å². The van der Waals surface area contributed by atoms with Crippen LogP contribution in [-0.2, 0) is 6.42 Å². The highest BCUT2D eigenvalue weighted by Crippen LogP contribution is 2.33. The largest absolute Gasteiger partial charge is 0.369 e. The molecular weight excluding hydrogens is 280 g/mol. The van der Waals surface area contributed by atoms with Crippen LogP contribution in [0.25, 0.3) is 0 Å². The third kappa shape index (κ3) is 2.65. The van der Waals surface area contributed by atoms with Gasteiger partial charge in [-0.3, -0.25) is 0 Å². The SMILES string of the molecule is CC(C)CCc1nn2c(c1Br)NCCC2CN. The van der Waals surface area contributed by atoms with Crippen LogP contribution >= 0.6 is 15.9 Å². The highest BCUT2D eigenvalue weighted by molar-refractivity contribution is 9.10. The van der Waals surface area contributed by atoms with Gasteiger partial charge in [0, 0.05) is 13.1 Å². The molecule has 1 aromatic heterocycles. The Morgan fingerprint density at radius 3 is 3.00 bits per heavy atom. The van der Waals surface area contributed by atoms with E-state index in [0.717, 1.165) is 35.4 Å². The molecule has 1 aromatic rings. The minimum atomic E-state index is 0.343. The standard InChI is InChI=1S/C12H21BrN4/c1-8(2)3-4-10-11(13)12-15-6-5-9(7-14)17(12)16-10/h8-9,15H,3-7,14H2,1-2H3. The summed E-state index contributed by atoms with van der Waals surface area (Å²) in [7, 11) is 0. The summed E-state index contributed by atoms with van der Waals surface area (Å²) < 4.78 is 3.18. The van der Waals surface area contributed by atoms with Crippen molar-refractivity contribution in [1.29, 1.82) is 0 Å². The van der Waals surface area contributed by atoms with Crippen molar-refractivity contribution in [2.45, 2.75) is 39.2 Å². The zero-order chi connectivity index (χ0) is 12.4. The second-order valence-electron chi connectivity index (χ2n) is 5.09. The van der Waals surface area contributed by atoms with E-state index in [1.165, 1.54) is 6.42 Å². The smallest absolute Gasteiger partial charge is 0.139 e. The molecule has 0 aliphatic carbocycles. The van der Waals surface area contributed by atoms with Crippen LogP contribution in [-0.4, -0.2) is 22.9 Å². The van der Waals surface area contributed by atoms with Crippen molar-refractivity contribution >= 4 is 21.7 Å². The van der Waals surface area contributed by atoms with Crippen LogP contribution in [0.3, 0.4) is 0 Å². The lowest BCUT2D eigenvalue weighted by Crippen LogP contribution is -2.28. The van der Waals surface area contributed by atoms with Gasteiger partial charge in [-0.25, -0.2) is 4.68 Å². The van der Waals surface area contributed by atoms with E-state index in [1.54, 1.807) is 0 Å². The molecule has 96 valence electrons. The number of rotatable bonds is 4. The van der Waals surface area contributed by atoms with E-state index < -0.39 is 0 Å². The van der Waals surface area contributed by atoms with Crippen molar-refractivity contribution in [3.05, 3.63) is 10.2 Å². The van der Waals surface area contributed by atoms with Gasteiger partial charge in [-0.15, -0.1) is 0 Å². The van der Waals surface area contributed by atoms with Gasteiger partial charge in [0.2, 0.25) is 0 Å². The Morgan fingerprint density at radius 1 is 1.59 bits per heavy atom. The number of halogens is 1. The fourth-order valence-electron chi connectivity index (χ4n) is 2.17. The maximum absolute atomic E-state index is 5.80. The summed E-state index contributed by atoms with van der Waals surface area (Å²) in [5.41, 5.74) is 6.95. The normalized spacial score (nSPS) is 19.2. The molecular formula is C12H21BrN4. The highest BCUT2D eigenvalue weighted by atomic mass is 79.9. The molecule has 1 atom stereocenters. The van der Waals surface area contributed by atoms with Gasteiger partial charge in [0.15, 0.2) is 0 Å². The lowest BCUT2D eigenvalue weighted by Gasteiger charge is -2.24. The summed E-state index contributed by atoms with van der Waals surface area (Å²) in [4.78, 5) is 0. The average Bonchev–Trinajstić information content (AvgIpc) is 2.64. The summed E-state index contributed by atoms with van der Waals surface area (Å²) in [5.74, 6) is 1.81. The minimum Gasteiger partial charge on any atom is -0.369 e. The first-order valence-corrected chi connectivity index (χ1v) is 7.13. The van der Waals surface area contributed by atoms with Gasteiger partial charge in [0.1, 0.15) is 5.82 Å². The Kier molecular flexibility index (Phi) is 4.09. The molecule has 0 spiro atoms. The van der Waals surface area contributed by atoms with E-state index in [2.05, 4.69) is 39.8 Å². The molecule has 17 heavy (non-hydrogen) atoms. The monoisotopic (exact) mass is 300 g/mol. The molecule has 0 radical (unpaired) electrons. The highest BCUT2D eigenvalue weighted by Gasteiger charge is 2.24. The van der Waals surface area contributed by atoms with Crippen LogP contribution in [0.4, 0.5) is 5.82 Å². The summed E-state index contributed by atoms with van der Waals surface area (Å²) >= 11 is 3.66. The number of nitrogens with two attached hydrogens (primary N) is 1. The maximum Gasteiger partial charge on any atom is 0.139 e. The van der Waals surface area contributed by atoms with Crippen molar-refractivity contribution in [3.63, 3.8) is 0 Å². The molecule has 0 fully saturated rings. The molecule has 3 N–H and O–H groups in total. The predicted octanol–water partition coefficient (Wildman–Crippen LogP) is 2.55. The third-order valence-electron chi connectivity index (χ3n) is 3.27. The van der Waals surface area contributed by atoms with Gasteiger partial charge < -0.3 is 11.1 Å². The number of aromatic nitrogens is 2. The average molecular weight is 301 g/mol. The zero-order valence-corrected chi connectivity index (χ0v) is 12.1. The van der Waals surface area contributed by atoms with Gasteiger partial charge in [0.25, 0.3) is 0 Å². The first-order chi connectivity index (χ1) is 8.13. The van der Waals surface area contributed by atoms with E-state index >= 15 is 0 Å². The number of hydrogen-bond acceptors (Lipinski definition) is 3. The fourth-order valence-corrected chi connectivity index (χ4v) is 2.77. The van der Waals surface area contributed by atoms with E-state index in [-0.39, 0.29) is 0 Å². The second-order valence-corrected chi connectivity index (χ2v) is 5.88. The molecule has 5 heteroatoms. The van der Waals surface area contributed by atoms with Crippen LogP contribution in [0.15, 0.2) is 4.47 Å². The Morgan fingerprint density at radius 2 is 2.35 bits per heavy atom. The van der Waals surface area contributed by atoms with Crippen LogP contribution in [0.2, 0.25) is 0 Å². The predicted molar refractivity (Wildman–Crippen MR) is 74.3 cm³/mol. The quantitative estimate of drug-likeness (QED) is 0.898. The van der Waals surface area contributed by atoms with Crippen LogP contribution in [0.5, 0.6) is 0 Å². The molecule has 1 aliphatic heterocycles. The molecule has 0 amide bonds. The van der Waals surface area contributed by atoms with Gasteiger partial charge in [-0.1, -0.05) is 13.8 Å². The van der Waals surface area contributed by atoms with Gasteiger partial charge >= 0.3 is 0 Å². The van der Waals surface area contributed by atoms with E-state index in [4.69, 9.17) is 10.8 Å². The molecule has 2 rings (SSSR count). The minimum absolute atomic E-state index is 0.343. The molecule has 1 unspecified atom stereocenters. The van der Waals surface area contributed by atoms with Crippen LogP contribution in [0.1, 0.15) is 38.4 Å². The number of nitrogens with one attached hydrogen (secondary N) is 1. The van der Waals surface area contributed by atoms with Gasteiger partial charge in [0.05, 0.1) is 16.2 Å². The Labute approximate surface area is 111 Å². The summed E-state index contributed by atoms with van der Waals surface area (Å²) in [6.07, 6.45) is 3.25. The van der Waals surface area contributed by atoms with E-state index in [9.17, 15) is 0 Å². The van der Waals surface area contributed by atoms with Crippen LogP contribution in [0, 0.1) is 5.92 Å².